The van der Waals surface area contributed by atoms with Crippen LogP contribution in [0.3, 0.4) is 0 Å². The first-order chi connectivity index (χ1) is 13.4. The largest absolute Gasteiger partial charge is 0.462 e. The molecule has 0 atom stereocenters. The number of carbonyl (C=O) groups is 4. The van der Waals surface area contributed by atoms with Gasteiger partial charge in [0, 0.05) is 4.88 Å². The average molecular weight is 400 g/mol. The monoisotopic (exact) mass is 400 g/mol. The summed E-state index contributed by atoms with van der Waals surface area (Å²) in [6.07, 6.45) is 0.616. The van der Waals surface area contributed by atoms with Crippen LogP contribution in [0.25, 0.3) is 0 Å². The molecule has 2 heterocycles. The molecule has 0 saturated carbocycles. The zero-order chi connectivity index (χ0) is 20.4. The zero-order valence-electron chi connectivity index (χ0n) is 15.8. The van der Waals surface area contributed by atoms with E-state index >= 15 is 0 Å². The SMILES string of the molecule is CCOC(=O)c1c(NC(=O)CN2C(=O)c3ccccc3C2=O)sc(C)c1CC. The first-order valence-corrected chi connectivity index (χ1v) is 9.75. The van der Waals surface area contributed by atoms with E-state index in [0.717, 1.165) is 15.3 Å². The molecule has 1 aromatic heterocycles. The summed E-state index contributed by atoms with van der Waals surface area (Å²) in [5, 5.41) is 3.04. The van der Waals surface area contributed by atoms with E-state index in [2.05, 4.69) is 5.32 Å². The normalized spacial score (nSPS) is 12.9. The lowest BCUT2D eigenvalue weighted by Gasteiger charge is -2.14. The second kappa shape index (κ2) is 7.93. The van der Waals surface area contributed by atoms with Crippen molar-refractivity contribution >= 4 is 40.0 Å². The maximum Gasteiger partial charge on any atom is 0.341 e. The predicted molar refractivity (Wildman–Crippen MR) is 105 cm³/mol. The van der Waals surface area contributed by atoms with Crippen LogP contribution >= 0.6 is 11.3 Å². The summed E-state index contributed by atoms with van der Waals surface area (Å²) in [4.78, 5) is 51.5. The molecule has 0 radical (unpaired) electrons. The summed E-state index contributed by atoms with van der Waals surface area (Å²) in [7, 11) is 0. The lowest BCUT2D eigenvalue weighted by Crippen LogP contribution is -2.37. The third kappa shape index (κ3) is 3.43. The number of carbonyl (C=O) groups excluding carboxylic acids is 4. The molecule has 1 aliphatic heterocycles. The molecule has 1 aliphatic rings. The van der Waals surface area contributed by atoms with Gasteiger partial charge >= 0.3 is 5.97 Å². The highest BCUT2D eigenvalue weighted by atomic mass is 32.1. The number of esters is 1. The van der Waals surface area contributed by atoms with Crippen LogP contribution in [-0.2, 0) is 16.0 Å². The standard InChI is InChI=1S/C20H20N2O5S/c1-4-12-11(3)28-17(16(12)20(26)27-5-2)21-15(23)10-22-18(24)13-8-6-7-9-14(13)19(22)25/h6-9H,4-5,10H2,1-3H3,(H,21,23). The van der Waals surface area contributed by atoms with Crippen LogP contribution in [0.15, 0.2) is 24.3 Å². The van der Waals surface area contributed by atoms with Crippen molar-refractivity contribution in [3.05, 3.63) is 51.4 Å². The molecule has 146 valence electrons. The van der Waals surface area contributed by atoms with Gasteiger partial charge in [-0.05, 0) is 38.0 Å². The van der Waals surface area contributed by atoms with Gasteiger partial charge in [-0.25, -0.2) is 4.79 Å². The minimum atomic E-state index is -0.552. The Morgan fingerprint density at radius 1 is 1.11 bits per heavy atom. The number of nitrogens with zero attached hydrogens (tertiary/aromatic N) is 1. The Morgan fingerprint density at radius 2 is 1.71 bits per heavy atom. The Bertz CT molecular complexity index is 944. The van der Waals surface area contributed by atoms with E-state index in [1.807, 2.05) is 13.8 Å². The summed E-state index contributed by atoms with van der Waals surface area (Å²) in [6.45, 7) is 5.30. The van der Waals surface area contributed by atoms with Crippen LogP contribution < -0.4 is 5.32 Å². The molecular weight excluding hydrogens is 380 g/mol. The van der Waals surface area contributed by atoms with Crippen molar-refractivity contribution in [3.8, 4) is 0 Å². The number of benzene rings is 1. The number of ether oxygens (including phenoxy) is 1. The predicted octanol–water partition coefficient (Wildman–Crippen LogP) is 3.03. The van der Waals surface area contributed by atoms with Crippen LogP contribution in [0.4, 0.5) is 5.00 Å². The number of rotatable bonds is 6. The van der Waals surface area contributed by atoms with Gasteiger partial charge in [0.25, 0.3) is 11.8 Å². The van der Waals surface area contributed by atoms with Gasteiger partial charge < -0.3 is 10.1 Å². The maximum atomic E-state index is 12.5. The van der Waals surface area contributed by atoms with Crippen LogP contribution in [0.2, 0.25) is 0 Å². The van der Waals surface area contributed by atoms with E-state index in [-0.39, 0.29) is 17.7 Å². The number of aryl methyl sites for hydroxylation is 1. The number of hydrogen-bond donors (Lipinski definition) is 1. The second-order valence-electron chi connectivity index (χ2n) is 6.21. The average Bonchev–Trinajstić information content (AvgIpc) is 3.11. The molecule has 3 amide bonds. The lowest BCUT2D eigenvalue weighted by atomic mass is 10.1. The highest BCUT2D eigenvalue weighted by molar-refractivity contribution is 7.16. The van der Waals surface area contributed by atoms with E-state index in [4.69, 9.17) is 4.74 Å². The number of fused-ring (bicyclic) bond motifs is 1. The van der Waals surface area contributed by atoms with Crippen molar-refractivity contribution < 1.29 is 23.9 Å². The fourth-order valence-electron chi connectivity index (χ4n) is 3.20. The van der Waals surface area contributed by atoms with E-state index < -0.39 is 30.2 Å². The fourth-order valence-corrected chi connectivity index (χ4v) is 4.35. The lowest BCUT2D eigenvalue weighted by molar-refractivity contribution is -0.116. The van der Waals surface area contributed by atoms with Crippen molar-refractivity contribution in [2.45, 2.75) is 27.2 Å². The van der Waals surface area contributed by atoms with Crippen molar-refractivity contribution in [2.24, 2.45) is 0 Å². The number of hydrogen-bond acceptors (Lipinski definition) is 6. The molecule has 1 aromatic carbocycles. The van der Waals surface area contributed by atoms with Crippen LogP contribution in [0.1, 0.15) is 55.4 Å². The molecule has 28 heavy (non-hydrogen) atoms. The molecule has 0 bridgehead atoms. The smallest absolute Gasteiger partial charge is 0.341 e. The van der Waals surface area contributed by atoms with Crippen molar-refractivity contribution in [3.63, 3.8) is 0 Å². The number of thiophene rings is 1. The van der Waals surface area contributed by atoms with E-state index in [9.17, 15) is 19.2 Å². The van der Waals surface area contributed by atoms with E-state index in [1.165, 1.54) is 11.3 Å². The molecule has 0 saturated heterocycles. The van der Waals surface area contributed by atoms with Gasteiger partial charge in [-0.3, -0.25) is 19.3 Å². The molecule has 1 N–H and O–H groups in total. The quantitative estimate of drug-likeness (QED) is 0.594. The summed E-state index contributed by atoms with van der Waals surface area (Å²) < 4.78 is 5.11. The van der Waals surface area contributed by atoms with Gasteiger partial charge in [-0.2, -0.15) is 0 Å². The first kappa shape index (κ1) is 19.8. The van der Waals surface area contributed by atoms with Gasteiger partial charge in [-0.1, -0.05) is 19.1 Å². The molecule has 8 heteroatoms. The fraction of sp³-hybridized carbons (Fsp3) is 0.300. The highest BCUT2D eigenvalue weighted by Crippen LogP contribution is 2.34. The summed E-state index contributed by atoms with van der Waals surface area (Å²) in [6, 6.07) is 6.45. The Morgan fingerprint density at radius 3 is 2.25 bits per heavy atom. The zero-order valence-corrected chi connectivity index (χ0v) is 16.6. The van der Waals surface area contributed by atoms with E-state index in [0.29, 0.717) is 17.0 Å². The van der Waals surface area contributed by atoms with Crippen LogP contribution in [0.5, 0.6) is 0 Å². The van der Waals surface area contributed by atoms with Gasteiger partial charge in [0.1, 0.15) is 11.5 Å². The number of nitrogens with one attached hydrogen (secondary N) is 1. The van der Waals surface area contributed by atoms with Gasteiger partial charge in [0.15, 0.2) is 0 Å². The van der Waals surface area contributed by atoms with Crippen molar-refractivity contribution in [1.29, 1.82) is 0 Å². The molecule has 0 spiro atoms. The minimum Gasteiger partial charge on any atom is -0.462 e. The Hall–Kier alpha value is -3.00. The Labute approximate surface area is 166 Å². The number of imide groups is 1. The van der Waals surface area contributed by atoms with Crippen molar-refractivity contribution in [2.75, 3.05) is 18.5 Å². The Kier molecular flexibility index (Phi) is 5.60. The van der Waals surface area contributed by atoms with E-state index in [1.54, 1.807) is 31.2 Å². The van der Waals surface area contributed by atoms with Gasteiger partial charge in [0.05, 0.1) is 23.3 Å². The molecule has 0 unspecified atom stereocenters. The van der Waals surface area contributed by atoms with Crippen LogP contribution in [-0.4, -0.2) is 41.7 Å². The first-order valence-electron chi connectivity index (χ1n) is 8.93. The number of anilines is 1. The molecule has 0 fully saturated rings. The highest BCUT2D eigenvalue weighted by Gasteiger charge is 2.36. The maximum absolute atomic E-state index is 12.5. The summed E-state index contributed by atoms with van der Waals surface area (Å²) in [5.41, 5.74) is 1.72. The third-order valence-electron chi connectivity index (χ3n) is 4.47. The van der Waals surface area contributed by atoms with Gasteiger partial charge in [-0.15, -0.1) is 11.3 Å². The topological polar surface area (TPSA) is 92.8 Å². The summed E-state index contributed by atoms with van der Waals surface area (Å²) >= 11 is 1.27. The number of amides is 3. The van der Waals surface area contributed by atoms with Crippen molar-refractivity contribution in [1.82, 2.24) is 4.90 Å². The molecule has 3 rings (SSSR count). The third-order valence-corrected chi connectivity index (χ3v) is 5.54. The second-order valence-corrected chi connectivity index (χ2v) is 7.43. The Balaban J connectivity index is 1.80. The molecule has 7 nitrogen and oxygen atoms in total. The molecular formula is C20H20N2O5S. The van der Waals surface area contributed by atoms with Crippen LogP contribution in [0, 0.1) is 6.92 Å². The minimum absolute atomic E-state index is 0.222. The molecule has 0 aliphatic carbocycles. The summed E-state index contributed by atoms with van der Waals surface area (Å²) in [5.74, 6) is -2.06. The van der Waals surface area contributed by atoms with Gasteiger partial charge in [0.2, 0.25) is 5.91 Å². The molecule has 2 aromatic rings.